The van der Waals surface area contributed by atoms with Gasteiger partial charge in [-0.1, -0.05) is 30.1 Å². The summed E-state index contributed by atoms with van der Waals surface area (Å²) in [6, 6.07) is 5.18. The van der Waals surface area contributed by atoms with Crippen LogP contribution in [0, 0.1) is 11.8 Å². The zero-order chi connectivity index (χ0) is 13.4. The Morgan fingerprint density at radius 1 is 1.17 bits per heavy atom. The molecule has 2 nitrogen and oxygen atoms in total. The highest BCUT2D eigenvalue weighted by Gasteiger charge is 2.42. The van der Waals surface area contributed by atoms with Gasteiger partial charge in [0.25, 0.3) is 0 Å². The van der Waals surface area contributed by atoms with Crippen LogP contribution in [0.4, 0.5) is 0 Å². The van der Waals surface area contributed by atoms with E-state index in [1.54, 1.807) is 18.2 Å². The minimum absolute atomic E-state index is 0.0139. The molecule has 1 aliphatic heterocycles. The van der Waals surface area contributed by atoms with E-state index in [2.05, 4.69) is 6.92 Å². The molecule has 1 heterocycles. The first-order valence-corrected chi connectivity index (χ1v) is 6.96. The van der Waals surface area contributed by atoms with Crippen LogP contribution in [0.2, 0.25) is 10.0 Å². The van der Waals surface area contributed by atoms with E-state index in [0.717, 1.165) is 0 Å². The van der Waals surface area contributed by atoms with Gasteiger partial charge in [0, 0.05) is 21.5 Å². The molecule has 1 aromatic carbocycles. The maximum atomic E-state index is 10.6. The number of benzene rings is 1. The standard InChI is InChI=1S/C14H18Cl2O2/c1-7-8(2)18-9(3)13(7)14(17)11-6-10(15)4-5-12(11)16/h4-9,13-14,17H,1-3H3. The van der Waals surface area contributed by atoms with Crippen LogP contribution in [-0.2, 0) is 4.74 Å². The fourth-order valence-electron chi connectivity index (χ4n) is 2.79. The van der Waals surface area contributed by atoms with Crippen molar-refractivity contribution in [3.63, 3.8) is 0 Å². The second-order valence-corrected chi connectivity index (χ2v) is 5.94. The van der Waals surface area contributed by atoms with Crippen molar-refractivity contribution in [2.45, 2.75) is 39.1 Å². The number of aliphatic hydroxyl groups excluding tert-OH is 1. The van der Waals surface area contributed by atoms with Crippen molar-refractivity contribution in [3.05, 3.63) is 33.8 Å². The Labute approximate surface area is 118 Å². The second-order valence-electron chi connectivity index (χ2n) is 5.09. The Hall–Kier alpha value is -0.280. The Balaban J connectivity index is 2.30. The lowest BCUT2D eigenvalue weighted by Crippen LogP contribution is -2.25. The van der Waals surface area contributed by atoms with Gasteiger partial charge in [-0.15, -0.1) is 0 Å². The molecule has 18 heavy (non-hydrogen) atoms. The topological polar surface area (TPSA) is 29.5 Å². The summed E-state index contributed by atoms with van der Waals surface area (Å²) in [4.78, 5) is 0. The highest BCUT2D eigenvalue weighted by Crippen LogP contribution is 2.42. The SMILES string of the molecule is CC1OC(C)C(C(O)c2cc(Cl)ccc2Cl)C1C. The fraction of sp³-hybridized carbons (Fsp3) is 0.571. The van der Waals surface area contributed by atoms with E-state index in [1.165, 1.54) is 0 Å². The van der Waals surface area contributed by atoms with Crippen molar-refractivity contribution in [2.75, 3.05) is 0 Å². The number of halogens is 2. The van der Waals surface area contributed by atoms with Crippen molar-refractivity contribution in [2.24, 2.45) is 11.8 Å². The molecule has 0 saturated carbocycles. The van der Waals surface area contributed by atoms with Gasteiger partial charge < -0.3 is 9.84 Å². The molecule has 5 unspecified atom stereocenters. The highest BCUT2D eigenvalue weighted by molar-refractivity contribution is 6.33. The maximum Gasteiger partial charge on any atom is 0.0861 e. The van der Waals surface area contributed by atoms with E-state index in [0.29, 0.717) is 15.6 Å². The number of rotatable bonds is 2. The second kappa shape index (κ2) is 5.38. The number of ether oxygens (including phenoxy) is 1. The van der Waals surface area contributed by atoms with Gasteiger partial charge in [-0.3, -0.25) is 0 Å². The van der Waals surface area contributed by atoms with Crippen LogP contribution in [0.25, 0.3) is 0 Å². The minimum Gasteiger partial charge on any atom is -0.388 e. The Morgan fingerprint density at radius 3 is 2.39 bits per heavy atom. The summed E-state index contributed by atoms with van der Waals surface area (Å²) in [5, 5.41) is 11.7. The van der Waals surface area contributed by atoms with Gasteiger partial charge in [0.15, 0.2) is 0 Å². The van der Waals surface area contributed by atoms with Crippen molar-refractivity contribution in [1.82, 2.24) is 0 Å². The third-order valence-electron chi connectivity index (χ3n) is 3.96. The minimum atomic E-state index is -0.647. The highest BCUT2D eigenvalue weighted by atomic mass is 35.5. The molecule has 1 aliphatic rings. The lowest BCUT2D eigenvalue weighted by Gasteiger charge is -2.25. The monoisotopic (exact) mass is 288 g/mol. The molecule has 100 valence electrons. The van der Waals surface area contributed by atoms with Gasteiger partial charge in [0.1, 0.15) is 0 Å². The van der Waals surface area contributed by atoms with E-state index < -0.39 is 6.10 Å². The summed E-state index contributed by atoms with van der Waals surface area (Å²) in [6.07, 6.45) is -0.483. The first-order valence-electron chi connectivity index (χ1n) is 6.20. The number of hydrogen-bond donors (Lipinski definition) is 1. The van der Waals surface area contributed by atoms with Gasteiger partial charge in [-0.25, -0.2) is 0 Å². The van der Waals surface area contributed by atoms with E-state index in [-0.39, 0.29) is 24.0 Å². The van der Waals surface area contributed by atoms with Crippen LogP contribution in [0.1, 0.15) is 32.4 Å². The molecule has 0 aromatic heterocycles. The lowest BCUT2D eigenvalue weighted by atomic mass is 9.82. The average molecular weight is 289 g/mol. The molecule has 1 saturated heterocycles. The van der Waals surface area contributed by atoms with Gasteiger partial charge in [0.05, 0.1) is 18.3 Å². The predicted molar refractivity (Wildman–Crippen MR) is 74.1 cm³/mol. The van der Waals surface area contributed by atoms with Crippen molar-refractivity contribution in [1.29, 1.82) is 0 Å². The summed E-state index contributed by atoms with van der Waals surface area (Å²) in [6.45, 7) is 6.13. The maximum absolute atomic E-state index is 10.6. The summed E-state index contributed by atoms with van der Waals surface area (Å²) in [7, 11) is 0. The van der Waals surface area contributed by atoms with Crippen LogP contribution >= 0.6 is 23.2 Å². The summed E-state index contributed by atoms with van der Waals surface area (Å²) >= 11 is 12.1. The first-order chi connectivity index (χ1) is 8.41. The van der Waals surface area contributed by atoms with Gasteiger partial charge in [0.2, 0.25) is 0 Å². The van der Waals surface area contributed by atoms with Crippen LogP contribution < -0.4 is 0 Å². The molecule has 0 spiro atoms. The molecule has 1 N–H and O–H groups in total. The molecular weight excluding hydrogens is 271 g/mol. The molecule has 0 amide bonds. The summed E-state index contributed by atoms with van der Waals surface area (Å²) in [5.74, 6) is 0.320. The van der Waals surface area contributed by atoms with Crippen LogP contribution in [0.3, 0.4) is 0 Å². The van der Waals surface area contributed by atoms with Crippen molar-refractivity contribution in [3.8, 4) is 0 Å². The Kier molecular flexibility index (Phi) is 4.22. The largest absolute Gasteiger partial charge is 0.388 e. The molecule has 4 heteroatoms. The Bertz CT molecular complexity index is 436. The van der Waals surface area contributed by atoms with E-state index >= 15 is 0 Å². The van der Waals surface area contributed by atoms with Crippen LogP contribution in [-0.4, -0.2) is 17.3 Å². The normalized spacial score (nSPS) is 33.7. The third kappa shape index (κ3) is 2.53. The van der Waals surface area contributed by atoms with E-state index in [4.69, 9.17) is 27.9 Å². The smallest absolute Gasteiger partial charge is 0.0861 e. The summed E-state index contributed by atoms with van der Waals surface area (Å²) < 4.78 is 5.76. The van der Waals surface area contributed by atoms with Gasteiger partial charge in [-0.2, -0.15) is 0 Å². The van der Waals surface area contributed by atoms with E-state index in [1.807, 2.05) is 13.8 Å². The number of aliphatic hydroxyl groups is 1. The molecular formula is C14H18Cl2O2. The molecule has 2 rings (SSSR count). The molecule has 0 radical (unpaired) electrons. The third-order valence-corrected chi connectivity index (χ3v) is 4.54. The molecule has 5 atom stereocenters. The van der Waals surface area contributed by atoms with E-state index in [9.17, 15) is 5.11 Å². The average Bonchev–Trinajstić information content (AvgIpc) is 2.56. The molecule has 1 fully saturated rings. The number of hydrogen-bond acceptors (Lipinski definition) is 2. The molecule has 0 aliphatic carbocycles. The van der Waals surface area contributed by atoms with Crippen LogP contribution in [0.15, 0.2) is 18.2 Å². The predicted octanol–water partition coefficient (Wildman–Crippen LogP) is 4.09. The first kappa shape index (κ1) is 14.1. The molecule has 0 bridgehead atoms. The molecule has 1 aromatic rings. The van der Waals surface area contributed by atoms with Crippen molar-refractivity contribution < 1.29 is 9.84 Å². The fourth-order valence-corrected chi connectivity index (χ4v) is 3.20. The Morgan fingerprint density at radius 2 is 1.83 bits per heavy atom. The van der Waals surface area contributed by atoms with Gasteiger partial charge in [-0.05, 0) is 38.0 Å². The van der Waals surface area contributed by atoms with Crippen LogP contribution in [0.5, 0.6) is 0 Å². The van der Waals surface area contributed by atoms with Gasteiger partial charge >= 0.3 is 0 Å². The quantitative estimate of drug-likeness (QED) is 0.888. The van der Waals surface area contributed by atoms with Crippen molar-refractivity contribution >= 4 is 23.2 Å². The zero-order valence-corrected chi connectivity index (χ0v) is 12.2. The summed E-state index contributed by atoms with van der Waals surface area (Å²) in [5.41, 5.74) is 0.686. The zero-order valence-electron chi connectivity index (χ0n) is 10.7. The lowest BCUT2D eigenvalue weighted by molar-refractivity contribution is 0.0231.